The minimum atomic E-state index is 0.483. The Morgan fingerprint density at radius 1 is 1.07 bits per heavy atom. The van der Waals surface area contributed by atoms with Crippen LogP contribution in [0, 0.1) is 0 Å². The van der Waals surface area contributed by atoms with Gasteiger partial charge < -0.3 is 0 Å². The Balaban J connectivity index is 2.24. The van der Waals surface area contributed by atoms with Crippen LogP contribution >= 0.6 is 11.6 Å². The van der Waals surface area contributed by atoms with Crippen molar-refractivity contribution in [3.63, 3.8) is 0 Å². The normalized spacial score (nSPS) is 10.1. The van der Waals surface area contributed by atoms with Crippen LogP contribution in [-0.2, 0) is 6.42 Å². The van der Waals surface area contributed by atoms with Gasteiger partial charge in [0.25, 0.3) is 0 Å². The van der Waals surface area contributed by atoms with E-state index in [9.17, 15) is 0 Å². The Morgan fingerprint density at radius 2 is 1.86 bits per heavy atom. The number of nitrogens with zero attached hydrogens (tertiary/aromatic N) is 2. The highest BCUT2D eigenvalue weighted by Crippen LogP contribution is 2.15. The van der Waals surface area contributed by atoms with E-state index in [1.807, 2.05) is 24.3 Å². The largest absolute Gasteiger partial charge is 0.158 e. The van der Waals surface area contributed by atoms with Crippen LogP contribution in [0.25, 0.3) is 0 Å². The van der Waals surface area contributed by atoms with E-state index in [0.29, 0.717) is 5.15 Å². The lowest BCUT2D eigenvalue weighted by Gasteiger charge is -2.01. The Kier molecular flexibility index (Phi) is 2.75. The lowest BCUT2D eigenvalue weighted by Crippen LogP contribution is -1.92. The van der Waals surface area contributed by atoms with Gasteiger partial charge in [-0.15, -0.1) is 5.10 Å². The van der Waals surface area contributed by atoms with Crippen molar-refractivity contribution in [1.29, 1.82) is 0 Å². The fraction of sp³-hybridized carbons (Fsp3) is 0.0909. The molecule has 14 heavy (non-hydrogen) atoms. The van der Waals surface area contributed by atoms with Gasteiger partial charge in [-0.25, -0.2) is 0 Å². The quantitative estimate of drug-likeness (QED) is 0.752. The van der Waals surface area contributed by atoms with E-state index in [2.05, 4.69) is 22.3 Å². The van der Waals surface area contributed by atoms with Crippen molar-refractivity contribution in [1.82, 2.24) is 10.2 Å². The molecule has 0 unspecified atom stereocenters. The third-order valence-corrected chi connectivity index (χ3v) is 2.31. The molecule has 0 saturated heterocycles. The minimum Gasteiger partial charge on any atom is -0.158 e. The first-order valence-electron chi connectivity index (χ1n) is 4.36. The summed E-state index contributed by atoms with van der Waals surface area (Å²) in [6, 6.07) is 12.0. The molecular weight excluding hydrogens is 196 g/mol. The van der Waals surface area contributed by atoms with E-state index >= 15 is 0 Å². The molecule has 0 aliphatic heterocycles. The van der Waals surface area contributed by atoms with Gasteiger partial charge in [0.2, 0.25) is 0 Å². The Labute approximate surface area is 87.6 Å². The molecule has 0 aliphatic rings. The second kappa shape index (κ2) is 4.20. The third-order valence-electron chi connectivity index (χ3n) is 1.99. The molecule has 2 rings (SSSR count). The van der Waals surface area contributed by atoms with Gasteiger partial charge in [-0.1, -0.05) is 41.9 Å². The second-order valence-electron chi connectivity index (χ2n) is 3.01. The molecule has 0 spiro atoms. The molecule has 0 bridgehead atoms. The molecule has 3 heteroatoms. The van der Waals surface area contributed by atoms with Gasteiger partial charge in [0.15, 0.2) is 5.15 Å². The lowest BCUT2D eigenvalue weighted by molar-refractivity contribution is 0.995. The van der Waals surface area contributed by atoms with E-state index in [4.69, 9.17) is 11.6 Å². The van der Waals surface area contributed by atoms with Crippen molar-refractivity contribution in [2.75, 3.05) is 0 Å². The number of rotatable bonds is 2. The highest BCUT2D eigenvalue weighted by atomic mass is 35.5. The highest BCUT2D eigenvalue weighted by Gasteiger charge is 2.01. The van der Waals surface area contributed by atoms with E-state index in [0.717, 1.165) is 12.0 Å². The molecule has 2 nitrogen and oxygen atoms in total. The summed E-state index contributed by atoms with van der Waals surface area (Å²) in [4.78, 5) is 0. The van der Waals surface area contributed by atoms with E-state index in [-0.39, 0.29) is 0 Å². The standard InChI is InChI=1S/C11H9ClN2/c12-11-10(6-7-13-14-11)8-9-4-2-1-3-5-9/h1-7H,8H2. The van der Waals surface area contributed by atoms with Crippen molar-refractivity contribution in [2.45, 2.75) is 6.42 Å². The topological polar surface area (TPSA) is 25.8 Å². The predicted molar refractivity (Wildman–Crippen MR) is 56.3 cm³/mol. The zero-order chi connectivity index (χ0) is 9.80. The Hall–Kier alpha value is -1.41. The molecule has 0 fully saturated rings. The molecule has 0 N–H and O–H groups in total. The van der Waals surface area contributed by atoms with Gasteiger partial charge in [-0.2, -0.15) is 5.10 Å². The molecule has 70 valence electrons. The summed E-state index contributed by atoms with van der Waals surface area (Å²) < 4.78 is 0. The predicted octanol–water partition coefficient (Wildman–Crippen LogP) is 2.72. The first kappa shape index (κ1) is 9.16. The summed E-state index contributed by atoms with van der Waals surface area (Å²) in [6.45, 7) is 0. The summed E-state index contributed by atoms with van der Waals surface area (Å²) >= 11 is 5.90. The molecule has 2 aromatic rings. The molecular formula is C11H9ClN2. The zero-order valence-corrected chi connectivity index (χ0v) is 8.28. The van der Waals surface area contributed by atoms with Crippen LogP contribution in [0.15, 0.2) is 42.6 Å². The Morgan fingerprint density at radius 3 is 2.57 bits per heavy atom. The summed E-state index contributed by atoms with van der Waals surface area (Å²) in [6.07, 6.45) is 2.46. The average Bonchev–Trinajstić information content (AvgIpc) is 2.23. The number of benzene rings is 1. The molecule has 0 aliphatic carbocycles. The first-order chi connectivity index (χ1) is 6.86. The smallest absolute Gasteiger partial charge is 0.155 e. The van der Waals surface area contributed by atoms with E-state index in [1.54, 1.807) is 6.20 Å². The van der Waals surface area contributed by atoms with Gasteiger partial charge in [0.1, 0.15) is 0 Å². The molecule has 1 aromatic heterocycles. The summed E-state index contributed by atoms with van der Waals surface area (Å²) in [7, 11) is 0. The van der Waals surface area contributed by atoms with Crippen molar-refractivity contribution >= 4 is 11.6 Å². The number of halogens is 1. The first-order valence-corrected chi connectivity index (χ1v) is 4.74. The molecule has 1 aromatic carbocycles. The molecule has 0 amide bonds. The fourth-order valence-corrected chi connectivity index (χ4v) is 1.46. The SMILES string of the molecule is Clc1nnccc1Cc1ccccc1. The fourth-order valence-electron chi connectivity index (χ4n) is 1.29. The van der Waals surface area contributed by atoms with Crippen molar-refractivity contribution in [3.8, 4) is 0 Å². The molecule has 0 saturated carbocycles. The maximum atomic E-state index is 5.90. The van der Waals surface area contributed by atoms with Gasteiger partial charge in [-0.05, 0) is 17.2 Å². The number of hydrogen-bond donors (Lipinski definition) is 0. The van der Waals surface area contributed by atoms with Crippen LogP contribution < -0.4 is 0 Å². The maximum absolute atomic E-state index is 5.90. The monoisotopic (exact) mass is 204 g/mol. The van der Waals surface area contributed by atoms with Crippen LogP contribution in [0.3, 0.4) is 0 Å². The molecule has 0 radical (unpaired) electrons. The van der Waals surface area contributed by atoms with Crippen molar-refractivity contribution in [2.24, 2.45) is 0 Å². The van der Waals surface area contributed by atoms with E-state index < -0.39 is 0 Å². The Bertz CT molecular complexity index is 415. The van der Waals surface area contributed by atoms with E-state index in [1.165, 1.54) is 5.56 Å². The molecule has 1 heterocycles. The molecule has 0 atom stereocenters. The number of aromatic nitrogens is 2. The van der Waals surface area contributed by atoms with Gasteiger partial charge >= 0.3 is 0 Å². The average molecular weight is 205 g/mol. The van der Waals surface area contributed by atoms with Crippen LogP contribution in [0.2, 0.25) is 5.15 Å². The zero-order valence-electron chi connectivity index (χ0n) is 7.52. The number of hydrogen-bond acceptors (Lipinski definition) is 2. The van der Waals surface area contributed by atoms with Crippen LogP contribution in [0.1, 0.15) is 11.1 Å². The van der Waals surface area contributed by atoms with Gasteiger partial charge in [-0.3, -0.25) is 0 Å². The van der Waals surface area contributed by atoms with Crippen LogP contribution in [0.4, 0.5) is 0 Å². The van der Waals surface area contributed by atoms with Crippen molar-refractivity contribution < 1.29 is 0 Å². The van der Waals surface area contributed by atoms with Crippen molar-refractivity contribution in [3.05, 3.63) is 58.9 Å². The highest BCUT2D eigenvalue weighted by molar-refractivity contribution is 6.30. The van der Waals surface area contributed by atoms with Crippen LogP contribution in [-0.4, -0.2) is 10.2 Å². The summed E-state index contributed by atoms with van der Waals surface area (Å²) in [5.41, 5.74) is 2.23. The summed E-state index contributed by atoms with van der Waals surface area (Å²) in [5.74, 6) is 0. The van der Waals surface area contributed by atoms with Gasteiger partial charge in [0.05, 0.1) is 0 Å². The summed E-state index contributed by atoms with van der Waals surface area (Å²) in [5, 5.41) is 7.98. The maximum Gasteiger partial charge on any atom is 0.155 e. The lowest BCUT2D eigenvalue weighted by atomic mass is 10.1. The second-order valence-corrected chi connectivity index (χ2v) is 3.37. The third kappa shape index (κ3) is 2.09. The minimum absolute atomic E-state index is 0.483. The van der Waals surface area contributed by atoms with Crippen LogP contribution in [0.5, 0.6) is 0 Å². The van der Waals surface area contributed by atoms with Gasteiger partial charge in [0, 0.05) is 12.6 Å².